The number of H-pyrrole nitrogens is 1. The number of thiazole rings is 1. The van der Waals surface area contributed by atoms with Crippen molar-refractivity contribution >= 4 is 17.3 Å². The number of carboxylic acids is 1. The van der Waals surface area contributed by atoms with Crippen LogP contribution in [0.15, 0.2) is 47.3 Å². The van der Waals surface area contributed by atoms with E-state index in [1.165, 1.54) is 18.2 Å². The van der Waals surface area contributed by atoms with E-state index in [1.807, 2.05) is 0 Å². The molecule has 0 fully saturated rings. The second-order valence-corrected chi connectivity index (χ2v) is 7.75. The number of hydrogen-bond donors (Lipinski definition) is 4. The van der Waals surface area contributed by atoms with Crippen LogP contribution in [0.4, 0.5) is 13.2 Å². The highest BCUT2D eigenvalue weighted by atomic mass is 32.1. The number of aliphatic carboxylic acids is 1. The van der Waals surface area contributed by atoms with Crippen LogP contribution in [-0.4, -0.2) is 27.2 Å². The number of nitrogens with two attached hydrogens (primary N) is 1. The van der Waals surface area contributed by atoms with Gasteiger partial charge in [0.25, 0.3) is 0 Å². The van der Waals surface area contributed by atoms with Crippen LogP contribution in [0.1, 0.15) is 21.6 Å². The van der Waals surface area contributed by atoms with Crippen molar-refractivity contribution in [1.29, 1.82) is 0 Å². The number of ether oxygens (including phenoxy) is 1. The normalized spacial score (nSPS) is 12.5. The number of aromatic hydroxyl groups is 1. The molecule has 2 aromatic carbocycles. The van der Waals surface area contributed by atoms with Gasteiger partial charge in [-0.2, -0.15) is 13.2 Å². The van der Waals surface area contributed by atoms with Crippen molar-refractivity contribution < 1.29 is 32.9 Å². The van der Waals surface area contributed by atoms with Crippen molar-refractivity contribution in [2.45, 2.75) is 25.1 Å². The van der Waals surface area contributed by atoms with Gasteiger partial charge in [0, 0.05) is 6.42 Å². The summed E-state index contributed by atoms with van der Waals surface area (Å²) in [7, 11) is 0. The van der Waals surface area contributed by atoms with Gasteiger partial charge < -0.3 is 20.7 Å². The van der Waals surface area contributed by atoms with Crippen molar-refractivity contribution in [2.75, 3.05) is 0 Å². The number of halogens is 3. The number of aromatic nitrogens is 1. The van der Waals surface area contributed by atoms with Crippen LogP contribution in [0.25, 0.3) is 0 Å². The molecule has 164 valence electrons. The molecule has 0 aliphatic rings. The predicted molar refractivity (Wildman–Crippen MR) is 107 cm³/mol. The fourth-order valence-electron chi connectivity index (χ4n) is 2.82. The summed E-state index contributed by atoms with van der Waals surface area (Å²) in [5.41, 5.74) is 5.19. The van der Waals surface area contributed by atoms with Crippen LogP contribution >= 0.6 is 11.3 Å². The molecule has 1 atom stereocenters. The Balaban J connectivity index is 1.80. The van der Waals surface area contributed by atoms with Gasteiger partial charge in [-0.1, -0.05) is 29.5 Å². The molecule has 0 amide bonds. The standard InChI is InChI=1S/C20H17F3N2O5S/c21-20(22,23)13-7-11(8-14(24)18(27)28)3-6-15(13)30-12-4-1-10(2-5-12)9-16-17(26)25-19(29)31-16/h1-7,14,26H,8-9,24H2,(H,25,29)(H,27,28). The summed E-state index contributed by atoms with van der Waals surface area (Å²) in [5.74, 6) is -1.81. The molecule has 0 radical (unpaired) electrons. The Morgan fingerprint density at radius 3 is 2.35 bits per heavy atom. The average Bonchev–Trinajstić information content (AvgIpc) is 3.00. The first-order valence-corrected chi connectivity index (χ1v) is 9.71. The van der Waals surface area contributed by atoms with Crippen molar-refractivity contribution in [1.82, 2.24) is 4.98 Å². The molecule has 1 unspecified atom stereocenters. The summed E-state index contributed by atoms with van der Waals surface area (Å²) in [6.07, 6.45) is -4.71. The van der Waals surface area contributed by atoms with Gasteiger partial charge in [0.1, 0.15) is 17.5 Å². The predicted octanol–water partition coefficient (Wildman–Crippen LogP) is 3.50. The minimum atomic E-state index is -4.72. The monoisotopic (exact) mass is 454 g/mol. The Hall–Kier alpha value is -3.31. The SMILES string of the molecule is NC(Cc1ccc(Oc2ccc(Cc3sc(=O)[nH]c3O)cc2)c(C(F)(F)F)c1)C(=O)O. The fraction of sp³-hybridized carbons (Fsp3) is 0.200. The molecule has 3 aromatic rings. The average molecular weight is 454 g/mol. The van der Waals surface area contributed by atoms with Gasteiger partial charge in [0.2, 0.25) is 5.88 Å². The summed E-state index contributed by atoms with van der Waals surface area (Å²) >= 11 is 0.865. The van der Waals surface area contributed by atoms with Gasteiger partial charge >= 0.3 is 17.0 Å². The lowest BCUT2D eigenvalue weighted by molar-refractivity contribution is -0.139. The molecule has 31 heavy (non-hydrogen) atoms. The molecule has 0 spiro atoms. The Morgan fingerprint density at radius 1 is 1.16 bits per heavy atom. The number of rotatable bonds is 7. The Labute approximate surface area is 177 Å². The van der Waals surface area contributed by atoms with Crippen LogP contribution in [0.2, 0.25) is 0 Å². The van der Waals surface area contributed by atoms with E-state index in [0.717, 1.165) is 23.5 Å². The molecule has 3 rings (SSSR count). The minimum absolute atomic E-state index is 0.121. The Kier molecular flexibility index (Phi) is 6.37. The van der Waals surface area contributed by atoms with Crippen LogP contribution in [0.3, 0.4) is 0 Å². The second-order valence-electron chi connectivity index (χ2n) is 6.69. The highest BCUT2D eigenvalue weighted by molar-refractivity contribution is 7.09. The number of carboxylic acid groups (broad SMARTS) is 1. The van der Waals surface area contributed by atoms with E-state index in [0.29, 0.717) is 10.4 Å². The molecule has 7 nitrogen and oxygen atoms in total. The quantitative estimate of drug-likeness (QED) is 0.433. The second kappa shape index (κ2) is 8.82. The number of benzene rings is 2. The van der Waals surface area contributed by atoms with Crippen LogP contribution < -0.4 is 15.3 Å². The molecular formula is C20H17F3N2O5S. The van der Waals surface area contributed by atoms with Crippen molar-refractivity contribution in [2.24, 2.45) is 5.73 Å². The van der Waals surface area contributed by atoms with E-state index in [1.54, 1.807) is 12.1 Å². The van der Waals surface area contributed by atoms with Gasteiger partial charge in [-0.05, 0) is 41.8 Å². The summed E-state index contributed by atoms with van der Waals surface area (Å²) in [5, 5.41) is 18.5. The summed E-state index contributed by atoms with van der Waals surface area (Å²) < 4.78 is 45.9. The number of aromatic amines is 1. The van der Waals surface area contributed by atoms with Crippen LogP contribution in [0.5, 0.6) is 17.4 Å². The van der Waals surface area contributed by atoms with Crippen molar-refractivity contribution in [3.63, 3.8) is 0 Å². The smallest absolute Gasteiger partial charge is 0.419 e. The third kappa shape index (κ3) is 5.64. The van der Waals surface area contributed by atoms with Gasteiger partial charge in [-0.15, -0.1) is 0 Å². The van der Waals surface area contributed by atoms with E-state index in [-0.39, 0.29) is 34.9 Å². The molecule has 5 N–H and O–H groups in total. The largest absolute Gasteiger partial charge is 0.494 e. The number of carbonyl (C=O) groups is 1. The highest BCUT2D eigenvalue weighted by Crippen LogP contribution is 2.39. The van der Waals surface area contributed by atoms with Crippen molar-refractivity contribution in [3.05, 3.63) is 73.7 Å². The van der Waals surface area contributed by atoms with Crippen LogP contribution in [0, 0.1) is 0 Å². The lowest BCUT2D eigenvalue weighted by Gasteiger charge is -2.16. The first-order chi connectivity index (χ1) is 14.5. The molecule has 0 saturated carbocycles. The van der Waals surface area contributed by atoms with Crippen molar-refractivity contribution in [3.8, 4) is 17.4 Å². The summed E-state index contributed by atoms with van der Waals surface area (Å²) in [4.78, 5) is 24.4. The molecule has 0 aliphatic carbocycles. The third-order valence-corrected chi connectivity index (χ3v) is 5.21. The lowest BCUT2D eigenvalue weighted by Crippen LogP contribution is -2.32. The Bertz CT molecular complexity index is 1140. The molecule has 1 aromatic heterocycles. The first kappa shape index (κ1) is 22.4. The maximum absolute atomic E-state index is 13.5. The molecule has 0 aliphatic heterocycles. The zero-order chi connectivity index (χ0) is 22.8. The van der Waals surface area contributed by atoms with Gasteiger partial charge in [-0.25, -0.2) is 0 Å². The summed E-state index contributed by atoms with van der Waals surface area (Å²) in [6.45, 7) is 0. The maximum Gasteiger partial charge on any atom is 0.419 e. The van der Waals surface area contributed by atoms with Crippen LogP contribution in [-0.2, 0) is 23.8 Å². The molecular weight excluding hydrogens is 437 g/mol. The molecule has 0 saturated heterocycles. The van der Waals surface area contributed by atoms with E-state index >= 15 is 0 Å². The van der Waals surface area contributed by atoms with E-state index in [4.69, 9.17) is 15.6 Å². The number of hydrogen-bond acceptors (Lipinski definition) is 6. The lowest BCUT2D eigenvalue weighted by atomic mass is 10.0. The topological polar surface area (TPSA) is 126 Å². The fourth-order valence-corrected chi connectivity index (χ4v) is 3.57. The highest BCUT2D eigenvalue weighted by Gasteiger charge is 2.35. The number of alkyl halides is 3. The minimum Gasteiger partial charge on any atom is -0.494 e. The molecule has 11 heteroatoms. The zero-order valence-corrected chi connectivity index (χ0v) is 16.6. The van der Waals surface area contributed by atoms with E-state index < -0.39 is 29.5 Å². The first-order valence-electron chi connectivity index (χ1n) is 8.89. The van der Waals surface area contributed by atoms with E-state index in [9.17, 15) is 27.9 Å². The van der Waals surface area contributed by atoms with Gasteiger partial charge in [0.15, 0.2) is 0 Å². The zero-order valence-electron chi connectivity index (χ0n) is 15.8. The van der Waals surface area contributed by atoms with E-state index in [2.05, 4.69) is 4.98 Å². The molecule has 1 heterocycles. The third-order valence-electron chi connectivity index (χ3n) is 4.34. The summed E-state index contributed by atoms with van der Waals surface area (Å²) in [6, 6.07) is 8.10. The van der Waals surface area contributed by atoms with Gasteiger partial charge in [-0.3, -0.25) is 14.6 Å². The Morgan fingerprint density at radius 2 is 1.81 bits per heavy atom. The molecule has 0 bridgehead atoms. The number of nitrogens with one attached hydrogen (secondary N) is 1. The maximum atomic E-state index is 13.5. The van der Waals surface area contributed by atoms with Gasteiger partial charge in [0.05, 0.1) is 10.4 Å².